The van der Waals surface area contributed by atoms with E-state index in [4.69, 9.17) is 23.1 Å². The van der Waals surface area contributed by atoms with Gasteiger partial charge in [0.05, 0.1) is 16.3 Å². The Morgan fingerprint density at radius 1 is 1.25 bits per heavy atom. The Balaban J connectivity index is 1.62. The van der Waals surface area contributed by atoms with Crippen LogP contribution >= 0.6 is 11.6 Å². The van der Waals surface area contributed by atoms with Crippen molar-refractivity contribution in [3.63, 3.8) is 0 Å². The predicted octanol–water partition coefficient (Wildman–Crippen LogP) is 2.48. The lowest BCUT2D eigenvalue weighted by Crippen LogP contribution is -2.19. The molecule has 3 saturated carbocycles. The zero-order valence-electron chi connectivity index (χ0n) is 11.1. The van der Waals surface area contributed by atoms with Gasteiger partial charge in [-0.1, -0.05) is 11.6 Å². The number of nitrogens with two attached hydrogens (primary N) is 2. The molecule has 0 aromatic heterocycles. The summed E-state index contributed by atoms with van der Waals surface area (Å²) in [7, 11) is 0. The molecule has 3 fully saturated rings. The highest BCUT2D eigenvalue weighted by molar-refractivity contribution is 6.34. The van der Waals surface area contributed by atoms with Crippen LogP contribution in [-0.2, 0) is 0 Å². The number of rotatable bonds is 3. The SMILES string of the molecule is NC(=O)c1cc(N)cc(Cl)c1NC1C2C3CCC(C3)C12. The molecule has 4 rings (SSSR count). The second-order valence-electron chi connectivity index (χ2n) is 6.45. The van der Waals surface area contributed by atoms with Gasteiger partial charge in [0, 0.05) is 11.7 Å². The van der Waals surface area contributed by atoms with Crippen LogP contribution in [0.5, 0.6) is 0 Å². The first-order valence-corrected chi connectivity index (χ1v) is 7.59. The maximum absolute atomic E-state index is 11.6. The average molecular weight is 292 g/mol. The number of benzene rings is 1. The topological polar surface area (TPSA) is 81.1 Å². The largest absolute Gasteiger partial charge is 0.399 e. The molecule has 0 spiro atoms. The minimum absolute atomic E-state index is 0.396. The molecule has 5 N–H and O–H groups in total. The van der Waals surface area contributed by atoms with Crippen molar-refractivity contribution in [2.45, 2.75) is 25.3 Å². The number of nitrogens with one attached hydrogen (secondary N) is 1. The Bertz CT molecular complexity index is 587. The fraction of sp³-hybridized carbons (Fsp3) is 0.533. The third kappa shape index (κ3) is 1.64. The van der Waals surface area contributed by atoms with E-state index in [0.717, 1.165) is 23.7 Å². The summed E-state index contributed by atoms with van der Waals surface area (Å²) in [5, 5.41) is 3.96. The molecule has 3 aliphatic carbocycles. The van der Waals surface area contributed by atoms with Crippen molar-refractivity contribution in [3.8, 4) is 0 Å². The highest BCUT2D eigenvalue weighted by Gasteiger charge is 2.65. The van der Waals surface area contributed by atoms with E-state index in [0.29, 0.717) is 28.0 Å². The molecule has 4 nitrogen and oxygen atoms in total. The quantitative estimate of drug-likeness (QED) is 0.748. The third-order valence-corrected chi connectivity index (χ3v) is 5.72. The van der Waals surface area contributed by atoms with Crippen LogP contribution in [0.15, 0.2) is 12.1 Å². The number of hydrogen-bond donors (Lipinski definition) is 3. The summed E-state index contributed by atoms with van der Waals surface area (Å²) in [6, 6.07) is 3.73. The molecule has 2 bridgehead atoms. The van der Waals surface area contributed by atoms with E-state index < -0.39 is 5.91 Å². The lowest BCUT2D eigenvalue weighted by atomic mass is 10.0. The lowest BCUT2D eigenvalue weighted by molar-refractivity contribution is 0.100. The molecule has 4 unspecified atom stereocenters. The number of primary amides is 1. The van der Waals surface area contributed by atoms with Gasteiger partial charge in [0.15, 0.2) is 0 Å². The molecular weight excluding hydrogens is 274 g/mol. The summed E-state index contributed by atoms with van der Waals surface area (Å²) in [4.78, 5) is 11.6. The zero-order chi connectivity index (χ0) is 14.0. The first-order valence-electron chi connectivity index (χ1n) is 7.21. The molecule has 1 amide bonds. The smallest absolute Gasteiger partial charge is 0.250 e. The average Bonchev–Trinajstić information content (AvgIpc) is 2.78. The van der Waals surface area contributed by atoms with E-state index in [2.05, 4.69) is 5.32 Å². The first kappa shape index (κ1) is 12.3. The number of halogens is 1. The maximum Gasteiger partial charge on any atom is 0.250 e. The summed E-state index contributed by atoms with van der Waals surface area (Å²) < 4.78 is 0. The second kappa shape index (κ2) is 4.04. The number of anilines is 2. The van der Waals surface area contributed by atoms with Crippen molar-refractivity contribution >= 4 is 28.9 Å². The number of nitrogen functional groups attached to an aromatic ring is 1. The molecule has 1 aromatic carbocycles. The van der Waals surface area contributed by atoms with Gasteiger partial charge in [-0.25, -0.2) is 0 Å². The fourth-order valence-corrected chi connectivity index (χ4v) is 4.94. The summed E-state index contributed by atoms with van der Waals surface area (Å²) in [6.45, 7) is 0. The molecule has 106 valence electrons. The molecule has 0 heterocycles. The monoisotopic (exact) mass is 291 g/mol. The molecule has 5 heteroatoms. The maximum atomic E-state index is 11.6. The van der Waals surface area contributed by atoms with Gasteiger partial charge in [-0.2, -0.15) is 0 Å². The van der Waals surface area contributed by atoms with Gasteiger partial charge in [-0.3, -0.25) is 4.79 Å². The number of carbonyl (C=O) groups is 1. The minimum atomic E-state index is -0.490. The summed E-state index contributed by atoms with van der Waals surface area (Å²) in [6.07, 6.45) is 4.12. The van der Waals surface area contributed by atoms with Crippen LogP contribution in [0.3, 0.4) is 0 Å². The van der Waals surface area contributed by atoms with Crippen LogP contribution in [0.4, 0.5) is 11.4 Å². The van der Waals surface area contributed by atoms with Crippen molar-refractivity contribution in [1.82, 2.24) is 0 Å². The van der Waals surface area contributed by atoms with Crippen LogP contribution < -0.4 is 16.8 Å². The van der Waals surface area contributed by atoms with Gasteiger partial charge in [-0.05, 0) is 55.1 Å². The Hall–Kier alpha value is -1.42. The van der Waals surface area contributed by atoms with Crippen LogP contribution in [0.1, 0.15) is 29.6 Å². The summed E-state index contributed by atoms with van der Waals surface area (Å²) >= 11 is 6.25. The van der Waals surface area contributed by atoms with Crippen molar-refractivity contribution in [2.75, 3.05) is 11.1 Å². The van der Waals surface area contributed by atoms with Gasteiger partial charge >= 0.3 is 0 Å². The van der Waals surface area contributed by atoms with Crippen LogP contribution in [-0.4, -0.2) is 11.9 Å². The Morgan fingerprint density at radius 2 is 1.90 bits per heavy atom. The Labute approximate surface area is 122 Å². The van der Waals surface area contributed by atoms with E-state index in [-0.39, 0.29) is 0 Å². The lowest BCUT2D eigenvalue weighted by Gasteiger charge is -2.16. The van der Waals surface area contributed by atoms with Crippen molar-refractivity contribution < 1.29 is 4.79 Å². The van der Waals surface area contributed by atoms with E-state index in [1.165, 1.54) is 19.3 Å². The highest BCUT2D eigenvalue weighted by atomic mass is 35.5. The molecule has 4 atom stereocenters. The number of amides is 1. The van der Waals surface area contributed by atoms with E-state index in [9.17, 15) is 4.79 Å². The molecular formula is C15H18ClN3O. The van der Waals surface area contributed by atoms with Gasteiger partial charge in [0.1, 0.15) is 0 Å². The van der Waals surface area contributed by atoms with Crippen LogP contribution in [0, 0.1) is 23.7 Å². The van der Waals surface area contributed by atoms with Crippen LogP contribution in [0.2, 0.25) is 5.02 Å². The minimum Gasteiger partial charge on any atom is -0.399 e. The molecule has 0 saturated heterocycles. The van der Waals surface area contributed by atoms with Gasteiger partial charge in [0.25, 0.3) is 5.91 Å². The van der Waals surface area contributed by atoms with Crippen molar-refractivity contribution in [1.29, 1.82) is 0 Å². The molecule has 0 radical (unpaired) electrons. The first-order chi connectivity index (χ1) is 9.56. The normalized spacial score (nSPS) is 36.8. The third-order valence-electron chi connectivity index (χ3n) is 5.42. The highest BCUT2D eigenvalue weighted by Crippen LogP contribution is 2.66. The Morgan fingerprint density at radius 3 is 2.50 bits per heavy atom. The van der Waals surface area contributed by atoms with Gasteiger partial charge < -0.3 is 16.8 Å². The van der Waals surface area contributed by atoms with Gasteiger partial charge in [-0.15, -0.1) is 0 Å². The van der Waals surface area contributed by atoms with Gasteiger partial charge in [0.2, 0.25) is 0 Å². The number of carbonyl (C=O) groups excluding carboxylic acids is 1. The van der Waals surface area contributed by atoms with Crippen molar-refractivity contribution in [3.05, 3.63) is 22.7 Å². The predicted molar refractivity (Wildman–Crippen MR) is 79.6 cm³/mol. The second-order valence-corrected chi connectivity index (χ2v) is 6.85. The van der Waals surface area contributed by atoms with Crippen LogP contribution in [0.25, 0.3) is 0 Å². The molecule has 1 aromatic rings. The molecule has 0 aliphatic heterocycles. The fourth-order valence-electron chi connectivity index (χ4n) is 4.65. The van der Waals surface area contributed by atoms with E-state index >= 15 is 0 Å². The standard InChI is InChI=1S/C15H18ClN3O/c16-10-5-8(17)4-9(15(18)20)13(10)19-14-11-6-1-2-7(3-6)12(11)14/h4-7,11-12,14,19H,1-3,17H2,(H2,18,20). The summed E-state index contributed by atoms with van der Waals surface area (Å²) in [5.74, 6) is 2.78. The number of fused-ring (bicyclic) bond motifs is 5. The Kier molecular flexibility index (Phi) is 2.49. The molecule has 3 aliphatic rings. The van der Waals surface area contributed by atoms with E-state index in [1.807, 2.05) is 0 Å². The van der Waals surface area contributed by atoms with E-state index in [1.54, 1.807) is 12.1 Å². The number of hydrogen-bond acceptors (Lipinski definition) is 3. The molecule has 20 heavy (non-hydrogen) atoms. The summed E-state index contributed by atoms with van der Waals surface area (Å²) in [5.41, 5.74) is 12.7. The zero-order valence-corrected chi connectivity index (χ0v) is 11.9. The van der Waals surface area contributed by atoms with Crippen molar-refractivity contribution in [2.24, 2.45) is 29.4 Å².